The van der Waals surface area contributed by atoms with E-state index in [1.165, 1.54) is 12.0 Å². The average molecular weight is 383 g/mol. The first-order valence-corrected chi connectivity index (χ1v) is 9.67. The van der Waals surface area contributed by atoms with E-state index in [0.29, 0.717) is 24.8 Å². The van der Waals surface area contributed by atoms with E-state index in [2.05, 4.69) is 56.5 Å². The van der Waals surface area contributed by atoms with Crippen molar-refractivity contribution in [1.29, 1.82) is 0 Å². The van der Waals surface area contributed by atoms with Gasteiger partial charge >= 0.3 is 0 Å². The standard InChI is InChI=1S/C21H34N2O2.ClH/c1-15(2)11-17(4)25-20-12-16(3)5-7-19(20)14-23-21(24)8-6-18-9-10-22-13-18;/h5,7,12,15,17-18,22H,6,8-11,13-14H2,1-4H3,(H,23,24);1H. The SMILES string of the molecule is Cc1ccc(CNC(=O)CCC2CCNC2)c(OC(C)CC(C)C)c1.Cl. The van der Waals surface area contributed by atoms with Crippen LogP contribution in [-0.2, 0) is 11.3 Å². The molecule has 1 aromatic carbocycles. The molecule has 4 nitrogen and oxygen atoms in total. The maximum absolute atomic E-state index is 12.1. The number of hydrogen-bond donors (Lipinski definition) is 2. The monoisotopic (exact) mass is 382 g/mol. The molecule has 2 atom stereocenters. The molecule has 1 fully saturated rings. The molecule has 1 aromatic rings. The van der Waals surface area contributed by atoms with Crippen LogP contribution in [0.15, 0.2) is 18.2 Å². The highest BCUT2D eigenvalue weighted by Gasteiger charge is 2.16. The molecule has 0 radical (unpaired) electrons. The Morgan fingerprint density at radius 2 is 2.12 bits per heavy atom. The summed E-state index contributed by atoms with van der Waals surface area (Å²) in [5, 5.41) is 6.41. The highest BCUT2D eigenvalue weighted by atomic mass is 35.5. The molecule has 26 heavy (non-hydrogen) atoms. The second-order valence-corrected chi connectivity index (χ2v) is 7.84. The quantitative estimate of drug-likeness (QED) is 0.671. The van der Waals surface area contributed by atoms with Gasteiger partial charge in [0.2, 0.25) is 5.91 Å². The minimum Gasteiger partial charge on any atom is -0.490 e. The maximum atomic E-state index is 12.1. The van der Waals surface area contributed by atoms with Gasteiger partial charge in [0.05, 0.1) is 6.10 Å². The number of amides is 1. The van der Waals surface area contributed by atoms with Gasteiger partial charge in [0, 0.05) is 18.5 Å². The molecule has 0 spiro atoms. The summed E-state index contributed by atoms with van der Waals surface area (Å²) in [7, 11) is 0. The van der Waals surface area contributed by atoms with Gasteiger partial charge in [-0.25, -0.2) is 0 Å². The average Bonchev–Trinajstić information content (AvgIpc) is 3.04. The van der Waals surface area contributed by atoms with Gasteiger partial charge < -0.3 is 15.4 Å². The van der Waals surface area contributed by atoms with E-state index in [-0.39, 0.29) is 24.4 Å². The lowest BCUT2D eigenvalue weighted by molar-refractivity contribution is -0.121. The van der Waals surface area contributed by atoms with Crippen LogP contribution in [0, 0.1) is 18.8 Å². The van der Waals surface area contributed by atoms with Gasteiger partial charge in [0.25, 0.3) is 0 Å². The van der Waals surface area contributed by atoms with Gasteiger partial charge in [-0.05, 0) is 69.7 Å². The normalized spacial score (nSPS) is 17.7. The van der Waals surface area contributed by atoms with Crippen molar-refractivity contribution in [2.24, 2.45) is 11.8 Å². The Balaban J connectivity index is 0.00000338. The third kappa shape index (κ3) is 7.96. The van der Waals surface area contributed by atoms with E-state index in [9.17, 15) is 4.79 Å². The molecule has 0 aromatic heterocycles. The highest BCUT2D eigenvalue weighted by molar-refractivity contribution is 5.85. The fourth-order valence-corrected chi connectivity index (χ4v) is 3.42. The highest BCUT2D eigenvalue weighted by Crippen LogP contribution is 2.23. The van der Waals surface area contributed by atoms with Crippen LogP contribution >= 0.6 is 12.4 Å². The van der Waals surface area contributed by atoms with Crippen molar-refractivity contribution in [1.82, 2.24) is 10.6 Å². The molecule has 2 N–H and O–H groups in total. The minimum absolute atomic E-state index is 0. The number of nitrogens with one attached hydrogen (secondary N) is 2. The van der Waals surface area contributed by atoms with Gasteiger partial charge in [-0.2, -0.15) is 0 Å². The third-order valence-electron chi connectivity index (χ3n) is 4.77. The summed E-state index contributed by atoms with van der Waals surface area (Å²) in [6.07, 6.45) is 3.97. The first-order valence-electron chi connectivity index (χ1n) is 9.67. The summed E-state index contributed by atoms with van der Waals surface area (Å²) in [6, 6.07) is 6.21. The molecule has 0 saturated carbocycles. The second kappa shape index (κ2) is 11.5. The number of carbonyl (C=O) groups excluding carboxylic acids is 1. The van der Waals surface area contributed by atoms with Crippen LogP contribution in [-0.4, -0.2) is 25.1 Å². The van der Waals surface area contributed by atoms with Crippen molar-refractivity contribution < 1.29 is 9.53 Å². The van der Waals surface area contributed by atoms with E-state index >= 15 is 0 Å². The van der Waals surface area contributed by atoms with Crippen LogP contribution in [0.1, 0.15) is 57.6 Å². The fraction of sp³-hybridized carbons (Fsp3) is 0.667. The molecule has 1 heterocycles. The van der Waals surface area contributed by atoms with Gasteiger partial charge in [-0.3, -0.25) is 4.79 Å². The van der Waals surface area contributed by atoms with Crippen LogP contribution in [0.25, 0.3) is 0 Å². The molecule has 1 aliphatic heterocycles. The van der Waals surface area contributed by atoms with Crippen LogP contribution in [0.3, 0.4) is 0 Å². The summed E-state index contributed by atoms with van der Waals surface area (Å²) in [4.78, 5) is 12.1. The molecule has 0 bridgehead atoms. The Morgan fingerprint density at radius 1 is 1.35 bits per heavy atom. The number of benzene rings is 1. The third-order valence-corrected chi connectivity index (χ3v) is 4.77. The molecule has 1 aliphatic rings. The summed E-state index contributed by atoms with van der Waals surface area (Å²) in [5.74, 6) is 2.29. The summed E-state index contributed by atoms with van der Waals surface area (Å²) in [6.45, 7) is 11.3. The Morgan fingerprint density at radius 3 is 2.77 bits per heavy atom. The second-order valence-electron chi connectivity index (χ2n) is 7.84. The Labute approximate surface area is 164 Å². The van der Waals surface area contributed by atoms with Crippen molar-refractivity contribution in [2.45, 2.75) is 66.0 Å². The van der Waals surface area contributed by atoms with Crippen molar-refractivity contribution in [2.75, 3.05) is 13.1 Å². The Bertz CT molecular complexity index is 557. The van der Waals surface area contributed by atoms with Crippen LogP contribution in [0.5, 0.6) is 5.75 Å². The first kappa shape index (κ1) is 22.8. The zero-order valence-electron chi connectivity index (χ0n) is 16.6. The zero-order chi connectivity index (χ0) is 18.2. The summed E-state index contributed by atoms with van der Waals surface area (Å²) < 4.78 is 6.15. The van der Waals surface area contributed by atoms with Gasteiger partial charge in [0.1, 0.15) is 5.75 Å². The Hall–Kier alpha value is -1.26. The molecule has 1 amide bonds. The molecule has 1 saturated heterocycles. The lowest BCUT2D eigenvalue weighted by atomic mass is 10.0. The van der Waals surface area contributed by atoms with E-state index in [0.717, 1.165) is 37.2 Å². The molecule has 148 valence electrons. The molecule has 2 unspecified atom stereocenters. The number of rotatable bonds is 9. The molecule has 2 rings (SSSR count). The molecular formula is C21H35ClN2O2. The van der Waals surface area contributed by atoms with Crippen molar-refractivity contribution in [3.63, 3.8) is 0 Å². The van der Waals surface area contributed by atoms with E-state index in [4.69, 9.17) is 4.74 Å². The van der Waals surface area contributed by atoms with E-state index in [1.807, 2.05) is 0 Å². The predicted octanol–water partition coefficient (Wildman–Crippen LogP) is 4.24. The minimum atomic E-state index is 0. The number of carbonyl (C=O) groups is 1. The summed E-state index contributed by atoms with van der Waals surface area (Å²) in [5.41, 5.74) is 2.23. The lowest BCUT2D eigenvalue weighted by Crippen LogP contribution is -2.24. The number of ether oxygens (including phenoxy) is 1. The maximum Gasteiger partial charge on any atom is 0.220 e. The van der Waals surface area contributed by atoms with E-state index < -0.39 is 0 Å². The number of halogens is 1. The fourth-order valence-electron chi connectivity index (χ4n) is 3.42. The molecular weight excluding hydrogens is 348 g/mol. The zero-order valence-corrected chi connectivity index (χ0v) is 17.5. The largest absolute Gasteiger partial charge is 0.490 e. The molecule has 5 heteroatoms. The predicted molar refractivity (Wildman–Crippen MR) is 110 cm³/mol. The van der Waals surface area contributed by atoms with Crippen LogP contribution in [0.4, 0.5) is 0 Å². The number of hydrogen-bond acceptors (Lipinski definition) is 3. The lowest BCUT2D eigenvalue weighted by Gasteiger charge is -2.20. The molecule has 0 aliphatic carbocycles. The van der Waals surface area contributed by atoms with E-state index in [1.54, 1.807) is 0 Å². The van der Waals surface area contributed by atoms with Gasteiger partial charge in [-0.1, -0.05) is 26.0 Å². The number of aryl methyl sites for hydroxylation is 1. The van der Waals surface area contributed by atoms with Crippen LogP contribution < -0.4 is 15.4 Å². The Kier molecular flexibility index (Phi) is 10.0. The van der Waals surface area contributed by atoms with Crippen molar-refractivity contribution in [3.8, 4) is 5.75 Å². The first-order chi connectivity index (χ1) is 11.9. The van der Waals surface area contributed by atoms with Crippen molar-refractivity contribution in [3.05, 3.63) is 29.3 Å². The topological polar surface area (TPSA) is 50.4 Å². The smallest absolute Gasteiger partial charge is 0.220 e. The summed E-state index contributed by atoms with van der Waals surface area (Å²) >= 11 is 0. The van der Waals surface area contributed by atoms with Crippen LogP contribution in [0.2, 0.25) is 0 Å². The van der Waals surface area contributed by atoms with Gasteiger partial charge in [-0.15, -0.1) is 12.4 Å². The van der Waals surface area contributed by atoms with Gasteiger partial charge in [0.15, 0.2) is 0 Å². The van der Waals surface area contributed by atoms with Crippen molar-refractivity contribution >= 4 is 18.3 Å².